The van der Waals surface area contributed by atoms with Crippen LogP contribution in [0.15, 0.2) is 24.3 Å². The van der Waals surface area contributed by atoms with Crippen LogP contribution in [-0.4, -0.2) is 36.2 Å². The molecule has 1 rings (SSSR count). The number of phenols is 2. The predicted octanol–water partition coefficient (Wildman–Crippen LogP) is -0.294. The van der Waals surface area contributed by atoms with Crippen LogP contribution in [0.4, 0.5) is 0 Å². The van der Waals surface area contributed by atoms with Gasteiger partial charge in [0.05, 0.1) is 0 Å². The summed E-state index contributed by atoms with van der Waals surface area (Å²) in [7, 11) is -10.2. The third-order valence-electron chi connectivity index (χ3n) is 1.05. The Labute approximate surface area is 96.8 Å². The van der Waals surface area contributed by atoms with Crippen molar-refractivity contribution in [1.29, 1.82) is 0 Å². The van der Waals surface area contributed by atoms with Gasteiger partial charge in [-0.1, -0.05) is 12.1 Å². The van der Waals surface area contributed by atoms with E-state index in [-0.39, 0.29) is 11.5 Å². The van der Waals surface area contributed by atoms with Gasteiger partial charge >= 0.3 is 20.8 Å². The zero-order valence-corrected chi connectivity index (χ0v) is 9.59. The minimum Gasteiger partial charge on any atom is -0.504 e. The summed E-state index contributed by atoms with van der Waals surface area (Å²) in [6, 6.07) is 6.15. The van der Waals surface area contributed by atoms with Gasteiger partial charge in [0.25, 0.3) is 0 Å². The molecule has 0 aromatic heterocycles. The van der Waals surface area contributed by atoms with E-state index in [4.69, 9.17) is 19.3 Å². The van der Waals surface area contributed by atoms with E-state index in [1.165, 1.54) is 12.1 Å². The molecule has 11 heteroatoms. The van der Waals surface area contributed by atoms with Gasteiger partial charge in [0, 0.05) is 0 Å². The Kier molecular flexibility index (Phi) is 5.31. The molecule has 98 valence electrons. The van der Waals surface area contributed by atoms with Crippen molar-refractivity contribution in [3.8, 4) is 11.5 Å². The van der Waals surface area contributed by atoms with Crippen LogP contribution in [0.5, 0.6) is 11.5 Å². The molecule has 0 heterocycles. The molecule has 0 bridgehead atoms. The molecule has 0 saturated carbocycles. The van der Waals surface area contributed by atoms with Gasteiger partial charge in [-0.25, -0.2) is 0 Å². The van der Waals surface area contributed by atoms with E-state index in [0.29, 0.717) is 0 Å². The smallest absolute Gasteiger partial charge is 0.413 e. The Hall–Kier alpha value is -1.40. The quantitative estimate of drug-likeness (QED) is 0.423. The molecule has 0 aliphatic carbocycles. The number of hydrogen-bond donors (Lipinski definition) is 4. The molecule has 4 N–H and O–H groups in total. The highest BCUT2D eigenvalue weighted by Crippen LogP contribution is 2.21. The summed E-state index contributed by atoms with van der Waals surface area (Å²) in [4.78, 5) is 0. The van der Waals surface area contributed by atoms with Gasteiger partial charge in [-0.2, -0.15) is 16.8 Å². The average Bonchev–Trinajstić information content (AvgIpc) is 2.04. The molecule has 1 aromatic rings. The molecule has 0 fully saturated rings. The summed E-state index contributed by atoms with van der Waals surface area (Å²) < 4.78 is 55.6. The van der Waals surface area contributed by atoms with E-state index >= 15 is 0 Å². The molecule has 0 spiro atoms. The van der Waals surface area contributed by atoms with Crippen LogP contribution in [0, 0.1) is 0 Å². The van der Waals surface area contributed by atoms with E-state index in [0.717, 1.165) is 0 Å². The standard InChI is InChI=1S/C6H6O2.H2O7S2/c7-5-3-1-2-4-6(5)8;1-8(2,3)7-9(4,5)6/h1-4,7-8H;(H,1,2,3)(H,4,5,6). The third kappa shape index (κ3) is 9.52. The molecule has 0 aliphatic heterocycles. The maximum atomic E-state index is 9.44. The van der Waals surface area contributed by atoms with Crippen LogP contribution in [0.2, 0.25) is 0 Å². The Balaban J connectivity index is 0.000000302. The number of hydrogen-bond acceptors (Lipinski definition) is 7. The first-order valence-corrected chi connectivity index (χ1v) is 6.37. The van der Waals surface area contributed by atoms with E-state index < -0.39 is 20.8 Å². The van der Waals surface area contributed by atoms with E-state index in [9.17, 15) is 16.8 Å². The summed E-state index contributed by atoms with van der Waals surface area (Å²) in [5.41, 5.74) is 0. The van der Waals surface area contributed by atoms with E-state index in [1.54, 1.807) is 12.1 Å². The van der Waals surface area contributed by atoms with Gasteiger partial charge in [-0.05, 0) is 12.1 Å². The SMILES string of the molecule is O=S(=O)(O)OS(=O)(=O)O.Oc1ccccc1O. The molecule has 1 aromatic carbocycles. The van der Waals surface area contributed by atoms with Crippen molar-refractivity contribution in [3.63, 3.8) is 0 Å². The van der Waals surface area contributed by atoms with Crippen molar-refractivity contribution in [1.82, 2.24) is 0 Å². The second-order valence-corrected chi connectivity index (χ2v) is 4.67. The van der Waals surface area contributed by atoms with Crippen LogP contribution >= 0.6 is 0 Å². The van der Waals surface area contributed by atoms with Crippen molar-refractivity contribution in [2.75, 3.05) is 0 Å². The van der Waals surface area contributed by atoms with Gasteiger partial charge in [0.15, 0.2) is 11.5 Å². The molecule has 0 radical (unpaired) electrons. The molecule has 0 aliphatic rings. The summed E-state index contributed by atoms with van der Waals surface area (Å²) in [6.07, 6.45) is 0. The lowest BCUT2D eigenvalue weighted by atomic mass is 10.3. The van der Waals surface area contributed by atoms with Gasteiger partial charge < -0.3 is 10.2 Å². The second-order valence-electron chi connectivity index (χ2n) is 2.41. The van der Waals surface area contributed by atoms with Crippen molar-refractivity contribution in [3.05, 3.63) is 24.3 Å². The molecule has 17 heavy (non-hydrogen) atoms. The molecule has 0 amide bonds. The lowest BCUT2D eigenvalue weighted by Crippen LogP contribution is -2.10. The van der Waals surface area contributed by atoms with Gasteiger partial charge in [-0.15, -0.1) is 3.63 Å². The molecule has 0 atom stereocenters. The Bertz CT molecular complexity index is 508. The number of para-hydroxylation sites is 2. The van der Waals surface area contributed by atoms with Crippen molar-refractivity contribution in [2.45, 2.75) is 0 Å². The normalized spacial score (nSPS) is 11.4. The molecule has 0 saturated heterocycles. The fraction of sp³-hybridized carbons (Fsp3) is 0. The topological polar surface area (TPSA) is 158 Å². The highest BCUT2D eigenvalue weighted by atomic mass is 32.3. The fourth-order valence-electron chi connectivity index (χ4n) is 0.573. The molecular formula is C6H8O9S2. The lowest BCUT2D eigenvalue weighted by molar-refractivity contribution is 0.344. The maximum absolute atomic E-state index is 9.44. The second kappa shape index (κ2) is 5.79. The minimum atomic E-state index is -5.12. The summed E-state index contributed by atoms with van der Waals surface area (Å²) in [5, 5.41) is 17.3. The van der Waals surface area contributed by atoms with Gasteiger partial charge in [0.1, 0.15) is 0 Å². The fourth-order valence-corrected chi connectivity index (χ4v) is 1.44. The van der Waals surface area contributed by atoms with E-state index in [2.05, 4.69) is 3.63 Å². The zero-order valence-electron chi connectivity index (χ0n) is 7.96. The molecule has 9 nitrogen and oxygen atoms in total. The van der Waals surface area contributed by atoms with Gasteiger partial charge in [-0.3, -0.25) is 9.11 Å². The van der Waals surface area contributed by atoms with E-state index in [1.807, 2.05) is 0 Å². The number of benzene rings is 1. The van der Waals surface area contributed by atoms with Gasteiger partial charge in [0.2, 0.25) is 0 Å². The minimum absolute atomic E-state index is 0.0764. The predicted molar refractivity (Wildman–Crippen MR) is 54.0 cm³/mol. The zero-order chi connectivity index (χ0) is 13.7. The monoisotopic (exact) mass is 288 g/mol. The van der Waals surface area contributed by atoms with Crippen LogP contribution in [0.3, 0.4) is 0 Å². The Morgan fingerprint density at radius 1 is 0.824 bits per heavy atom. The largest absolute Gasteiger partial charge is 0.504 e. The number of aromatic hydroxyl groups is 2. The Morgan fingerprint density at radius 3 is 1.24 bits per heavy atom. The highest BCUT2D eigenvalue weighted by molar-refractivity contribution is 7.94. The first-order valence-electron chi connectivity index (χ1n) is 3.64. The van der Waals surface area contributed by atoms with Crippen LogP contribution in [0.25, 0.3) is 0 Å². The Morgan fingerprint density at radius 2 is 1.12 bits per heavy atom. The lowest BCUT2D eigenvalue weighted by Gasteiger charge is -1.91. The first kappa shape index (κ1) is 15.6. The van der Waals surface area contributed by atoms with Crippen molar-refractivity contribution < 1.29 is 39.8 Å². The van der Waals surface area contributed by atoms with Crippen LogP contribution < -0.4 is 0 Å². The number of rotatable bonds is 2. The number of phenolic OH excluding ortho intramolecular Hbond substituents is 2. The van der Waals surface area contributed by atoms with Crippen molar-refractivity contribution >= 4 is 20.8 Å². The van der Waals surface area contributed by atoms with Crippen molar-refractivity contribution in [2.24, 2.45) is 0 Å². The average molecular weight is 288 g/mol. The molecular weight excluding hydrogens is 280 g/mol. The summed E-state index contributed by atoms with van der Waals surface area (Å²) in [6.45, 7) is 0. The maximum Gasteiger partial charge on any atom is 0.413 e. The first-order chi connectivity index (χ1) is 7.51. The van der Waals surface area contributed by atoms with Crippen LogP contribution in [0.1, 0.15) is 0 Å². The summed E-state index contributed by atoms with van der Waals surface area (Å²) >= 11 is 0. The van der Waals surface area contributed by atoms with Crippen LogP contribution in [-0.2, 0) is 24.4 Å². The molecule has 0 unspecified atom stereocenters. The summed E-state index contributed by atoms with van der Waals surface area (Å²) in [5.74, 6) is -0.153. The highest BCUT2D eigenvalue weighted by Gasteiger charge is 2.15. The third-order valence-corrected chi connectivity index (χ3v) is 2.43.